The molecular formula is C45H41Cl3N4O7. The summed E-state index contributed by atoms with van der Waals surface area (Å²) < 4.78 is 0. The zero-order chi connectivity index (χ0) is 42.0. The largest absolute Gasteiger partial charge is 0.322 e. The van der Waals surface area contributed by atoms with Crippen LogP contribution < -0.4 is 10.6 Å². The third kappa shape index (κ3) is 9.59. The molecule has 2 N–H and O–H groups in total. The fraction of sp³-hybridized carbons (Fsp3) is 0.311. The summed E-state index contributed by atoms with van der Waals surface area (Å²) in [6, 6.07) is 21.4. The number of piperidine rings is 2. The van der Waals surface area contributed by atoms with E-state index in [4.69, 9.17) is 34.8 Å². The summed E-state index contributed by atoms with van der Waals surface area (Å²) in [5.41, 5.74) is 8.05. The van der Waals surface area contributed by atoms with Crippen molar-refractivity contribution >= 4 is 76.0 Å². The van der Waals surface area contributed by atoms with E-state index in [1.807, 2.05) is 67.6 Å². The highest BCUT2D eigenvalue weighted by Crippen LogP contribution is 2.31. The zero-order valence-corrected chi connectivity index (χ0v) is 34.5. The minimum absolute atomic E-state index is 0.127. The standard InChI is InChI=1S/C24H23ClN2O4.C21H18Cl2N2O3/c1-14-2-3-16(12-20(14)25)11-18(28)6-4-15-5-7-19-17(10-15)13-27(24(19)31)21-8-9-22(29)26-23(21)30;22-16-6-4-13(10-17(16)23)2-1-12-3-5-15-14(9-12)11-25(21(15)28)18-7-8-19(26)24-20(18)27/h2-3,5,7,10,12,21H,4,6,8-9,11,13H2,1H3,(H,26,29,30);3-6,9-10,18H,1-2,7-8,11H2,(H,24,26,27). The van der Waals surface area contributed by atoms with E-state index in [2.05, 4.69) is 10.6 Å². The lowest BCUT2D eigenvalue weighted by Crippen LogP contribution is -2.52. The Kier molecular flexibility index (Phi) is 12.7. The van der Waals surface area contributed by atoms with E-state index in [9.17, 15) is 33.6 Å². The number of halogens is 3. The van der Waals surface area contributed by atoms with Gasteiger partial charge in [0.25, 0.3) is 11.8 Å². The van der Waals surface area contributed by atoms with Crippen LogP contribution in [0, 0.1) is 6.92 Å². The average Bonchev–Trinajstić information content (AvgIpc) is 3.70. The molecule has 4 aromatic carbocycles. The highest BCUT2D eigenvalue weighted by atomic mass is 35.5. The molecule has 304 valence electrons. The van der Waals surface area contributed by atoms with Gasteiger partial charge in [-0.15, -0.1) is 0 Å². The molecule has 2 atom stereocenters. The van der Waals surface area contributed by atoms with Crippen LogP contribution >= 0.6 is 34.8 Å². The van der Waals surface area contributed by atoms with Gasteiger partial charge in [-0.25, -0.2) is 0 Å². The van der Waals surface area contributed by atoms with Crippen molar-refractivity contribution in [3.63, 3.8) is 0 Å². The van der Waals surface area contributed by atoms with Crippen LogP contribution in [0.25, 0.3) is 0 Å². The number of fused-ring (bicyclic) bond motifs is 2. The van der Waals surface area contributed by atoms with Crippen molar-refractivity contribution in [2.24, 2.45) is 0 Å². The van der Waals surface area contributed by atoms with Crippen molar-refractivity contribution in [2.75, 3.05) is 0 Å². The highest BCUT2D eigenvalue weighted by molar-refractivity contribution is 6.42. The average molecular weight is 856 g/mol. The van der Waals surface area contributed by atoms with Gasteiger partial charge in [-0.1, -0.05) is 77.3 Å². The van der Waals surface area contributed by atoms with Gasteiger partial charge in [0, 0.05) is 54.9 Å². The molecule has 0 saturated carbocycles. The fourth-order valence-electron chi connectivity index (χ4n) is 7.90. The molecule has 0 spiro atoms. The number of nitrogens with one attached hydrogen (secondary N) is 2. The van der Waals surface area contributed by atoms with Crippen LogP contribution in [-0.4, -0.2) is 63.1 Å². The number of hydrogen-bond donors (Lipinski definition) is 2. The minimum atomic E-state index is -0.621. The first-order valence-electron chi connectivity index (χ1n) is 19.5. The molecule has 59 heavy (non-hydrogen) atoms. The molecule has 4 heterocycles. The Bertz CT molecular complexity index is 2420. The SMILES string of the molecule is Cc1ccc(CC(=O)CCc2ccc3c(c2)CN(C2CCC(=O)NC2=O)C3=O)cc1Cl.O=C1CCC(N2Cc3cc(CCc4ccc(Cl)c(Cl)c4)ccc3C2=O)C(=O)N1. The summed E-state index contributed by atoms with van der Waals surface area (Å²) >= 11 is 18.2. The van der Waals surface area contributed by atoms with Crippen LogP contribution in [0.5, 0.6) is 0 Å². The Morgan fingerprint density at radius 1 is 0.593 bits per heavy atom. The Morgan fingerprint density at radius 3 is 1.58 bits per heavy atom. The molecule has 2 unspecified atom stereocenters. The topological polar surface area (TPSA) is 150 Å². The molecule has 8 rings (SSSR count). The smallest absolute Gasteiger partial charge is 0.255 e. The molecule has 2 saturated heterocycles. The first-order chi connectivity index (χ1) is 28.2. The molecule has 11 nitrogen and oxygen atoms in total. The van der Waals surface area contributed by atoms with Gasteiger partial charge in [-0.3, -0.25) is 44.2 Å². The number of amides is 6. The molecule has 0 aliphatic carbocycles. The first kappa shape index (κ1) is 41.8. The number of imide groups is 2. The second-order valence-electron chi connectivity index (χ2n) is 15.3. The molecule has 0 aromatic heterocycles. The lowest BCUT2D eigenvalue weighted by atomic mass is 9.99. The molecule has 4 aliphatic rings. The summed E-state index contributed by atoms with van der Waals surface area (Å²) in [6.07, 6.45) is 4.13. The van der Waals surface area contributed by atoms with Crippen molar-refractivity contribution in [2.45, 2.75) is 89.9 Å². The monoisotopic (exact) mass is 854 g/mol. The highest BCUT2D eigenvalue weighted by Gasteiger charge is 2.40. The maximum absolute atomic E-state index is 12.8. The number of carbonyl (C=O) groups is 7. The summed E-state index contributed by atoms with van der Waals surface area (Å²) in [5.74, 6) is -1.61. The quantitative estimate of drug-likeness (QED) is 0.169. The number of benzene rings is 4. The summed E-state index contributed by atoms with van der Waals surface area (Å²) in [5, 5.41) is 6.37. The van der Waals surface area contributed by atoms with E-state index in [0.717, 1.165) is 51.8 Å². The van der Waals surface area contributed by atoms with Crippen molar-refractivity contribution in [3.05, 3.63) is 138 Å². The second-order valence-corrected chi connectivity index (χ2v) is 16.6. The van der Waals surface area contributed by atoms with Crippen LogP contribution in [0.3, 0.4) is 0 Å². The third-order valence-corrected chi connectivity index (χ3v) is 12.3. The molecule has 4 aromatic rings. The lowest BCUT2D eigenvalue weighted by molar-refractivity contribution is -0.138. The minimum Gasteiger partial charge on any atom is -0.322 e. The van der Waals surface area contributed by atoms with Crippen molar-refractivity contribution in [3.8, 4) is 0 Å². The maximum atomic E-state index is 12.8. The normalized spacial score (nSPS) is 18.6. The van der Waals surface area contributed by atoms with Gasteiger partial charge in [-0.2, -0.15) is 0 Å². The maximum Gasteiger partial charge on any atom is 0.255 e. The van der Waals surface area contributed by atoms with Crippen LogP contribution in [0.15, 0.2) is 72.8 Å². The number of carbonyl (C=O) groups excluding carboxylic acids is 7. The summed E-state index contributed by atoms with van der Waals surface area (Å²) in [6.45, 7) is 2.65. The Balaban J connectivity index is 0.000000180. The van der Waals surface area contributed by atoms with E-state index in [1.54, 1.807) is 17.0 Å². The molecule has 4 aliphatic heterocycles. The Labute approximate surface area is 356 Å². The third-order valence-electron chi connectivity index (χ3n) is 11.2. The Morgan fingerprint density at radius 2 is 1.07 bits per heavy atom. The van der Waals surface area contributed by atoms with Crippen molar-refractivity contribution < 1.29 is 33.6 Å². The molecule has 2 fully saturated rings. The summed E-state index contributed by atoms with van der Waals surface area (Å²) in [4.78, 5) is 88.0. The van der Waals surface area contributed by atoms with Crippen LogP contribution in [0.1, 0.15) is 91.8 Å². The van der Waals surface area contributed by atoms with Gasteiger partial charge in [-0.05, 0) is 108 Å². The van der Waals surface area contributed by atoms with Crippen LogP contribution in [0.2, 0.25) is 15.1 Å². The number of hydrogen-bond acceptors (Lipinski definition) is 7. The van der Waals surface area contributed by atoms with Gasteiger partial charge in [0.2, 0.25) is 23.6 Å². The van der Waals surface area contributed by atoms with E-state index in [0.29, 0.717) is 71.4 Å². The van der Waals surface area contributed by atoms with Crippen LogP contribution in [0.4, 0.5) is 0 Å². The number of rotatable bonds is 10. The second kappa shape index (κ2) is 17.9. The Hall–Kier alpha value is -5.36. The van der Waals surface area contributed by atoms with Crippen molar-refractivity contribution in [1.82, 2.24) is 20.4 Å². The molecular weight excluding hydrogens is 815 g/mol. The van der Waals surface area contributed by atoms with E-state index < -0.39 is 23.9 Å². The number of nitrogens with zero attached hydrogens (tertiary/aromatic N) is 2. The molecule has 14 heteroatoms. The van der Waals surface area contributed by atoms with Gasteiger partial charge < -0.3 is 9.80 Å². The van der Waals surface area contributed by atoms with Crippen LogP contribution in [-0.2, 0) is 62.7 Å². The lowest BCUT2D eigenvalue weighted by Gasteiger charge is -2.29. The van der Waals surface area contributed by atoms with Gasteiger partial charge in [0.1, 0.15) is 17.9 Å². The van der Waals surface area contributed by atoms with E-state index >= 15 is 0 Å². The number of aryl methyl sites for hydroxylation is 4. The van der Waals surface area contributed by atoms with E-state index in [-0.39, 0.29) is 42.3 Å². The van der Waals surface area contributed by atoms with Gasteiger partial charge in [0.15, 0.2) is 0 Å². The fourth-order valence-corrected chi connectivity index (χ4v) is 8.42. The molecule has 0 radical (unpaired) electrons. The number of Topliss-reactive ketones (excluding diaryl/α,β-unsaturated/α-hetero) is 1. The van der Waals surface area contributed by atoms with Gasteiger partial charge >= 0.3 is 0 Å². The molecule has 0 bridgehead atoms. The van der Waals surface area contributed by atoms with E-state index in [1.165, 1.54) is 4.90 Å². The zero-order valence-electron chi connectivity index (χ0n) is 32.2. The van der Waals surface area contributed by atoms with Crippen molar-refractivity contribution in [1.29, 1.82) is 0 Å². The predicted molar refractivity (Wildman–Crippen MR) is 222 cm³/mol. The molecule has 6 amide bonds. The number of ketones is 1. The summed E-state index contributed by atoms with van der Waals surface area (Å²) in [7, 11) is 0. The predicted octanol–water partition coefficient (Wildman–Crippen LogP) is 6.69. The first-order valence-corrected chi connectivity index (χ1v) is 20.6. The van der Waals surface area contributed by atoms with Gasteiger partial charge in [0.05, 0.1) is 10.0 Å².